The van der Waals surface area contributed by atoms with Crippen molar-refractivity contribution in [1.82, 2.24) is 14.3 Å². The number of rotatable bonds is 3. The Bertz CT molecular complexity index is 707. The van der Waals surface area contributed by atoms with Crippen molar-refractivity contribution >= 4 is 27.3 Å². The monoisotopic (exact) mass is 324 g/mol. The summed E-state index contributed by atoms with van der Waals surface area (Å²) in [4.78, 5) is 11.4. The Kier molecular flexibility index (Phi) is 3.92. The van der Waals surface area contributed by atoms with Gasteiger partial charge in [0.25, 0.3) is 10.0 Å². The molecule has 1 fully saturated rings. The maximum Gasteiger partial charge on any atom is 0.252 e. The number of piperazine rings is 1. The van der Waals surface area contributed by atoms with Gasteiger partial charge in [-0.2, -0.15) is 4.31 Å². The third-order valence-electron chi connectivity index (χ3n) is 3.38. The second kappa shape index (κ2) is 5.70. The Labute approximate surface area is 128 Å². The summed E-state index contributed by atoms with van der Waals surface area (Å²) in [7, 11) is -3.36. The van der Waals surface area contributed by atoms with Crippen molar-refractivity contribution in [1.29, 1.82) is 0 Å². The van der Waals surface area contributed by atoms with Gasteiger partial charge in [-0.05, 0) is 25.1 Å². The summed E-state index contributed by atoms with van der Waals surface area (Å²) in [6.45, 7) is 4.03. The minimum absolute atomic E-state index is 0.421. The van der Waals surface area contributed by atoms with Crippen molar-refractivity contribution < 1.29 is 8.42 Å². The molecule has 3 heterocycles. The van der Waals surface area contributed by atoms with Crippen molar-refractivity contribution in [3.05, 3.63) is 35.5 Å². The van der Waals surface area contributed by atoms with E-state index in [1.54, 1.807) is 24.5 Å². The van der Waals surface area contributed by atoms with E-state index in [1.807, 2.05) is 17.9 Å². The Morgan fingerprint density at radius 1 is 1.10 bits per heavy atom. The van der Waals surface area contributed by atoms with Crippen LogP contribution >= 0.6 is 11.3 Å². The molecule has 112 valence electrons. The van der Waals surface area contributed by atoms with Crippen molar-refractivity contribution in [2.45, 2.75) is 11.1 Å². The minimum atomic E-state index is -3.36. The molecular formula is C13H16N4O2S2. The molecule has 0 amide bonds. The van der Waals surface area contributed by atoms with E-state index in [-0.39, 0.29) is 0 Å². The zero-order valence-corrected chi connectivity index (χ0v) is 13.3. The fourth-order valence-electron chi connectivity index (χ4n) is 2.26. The first kappa shape index (κ1) is 14.4. The Morgan fingerprint density at radius 3 is 2.33 bits per heavy atom. The molecule has 1 aliphatic heterocycles. The van der Waals surface area contributed by atoms with Crippen LogP contribution in [0.3, 0.4) is 0 Å². The number of aryl methyl sites for hydroxylation is 1. The van der Waals surface area contributed by atoms with Crippen LogP contribution in [-0.4, -0.2) is 48.9 Å². The van der Waals surface area contributed by atoms with Gasteiger partial charge in [-0.25, -0.2) is 18.4 Å². The zero-order valence-electron chi connectivity index (χ0n) is 11.6. The van der Waals surface area contributed by atoms with Crippen LogP contribution in [0.25, 0.3) is 0 Å². The van der Waals surface area contributed by atoms with E-state index >= 15 is 0 Å². The SMILES string of the molecule is Cc1ccc(S(=O)(=O)N2CCN(c3ncccn3)CC2)s1. The maximum atomic E-state index is 12.5. The second-order valence-corrected chi connectivity index (χ2v) is 8.26. The van der Waals surface area contributed by atoms with Crippen LogP contribution in [0.15, 0.2) is 34.8 Å². The molecule has 0 unspecified atom stereocenters. The quantitative estimate of drug-likeness (QED) is 0.853. The highest BCUT2D eigenvalue weighted by Gasteiger charge is 2.30. The lowest BCUT2D eigenvalue weighted by molar-refractivity contribution is 0.383. The highest BCUT2D eigenvalue weighted by atomic mass is 32.2. The zero-order chi connectivity index (χ0) is 14.9. The Hall–Kier alpha value is -1.51. The first-order chi connectivity index (χ1) is 10.1. The van der Waals surface area contributed by atoms with E-state index in [0.29, 0.717) is 36.3 Å². The highest BCUT2D eigenvalue weighted by Crippen LogP contribution is 2.25. The molecule has 2 aromatic heterocycles. The second-order valence-electron chi connectivity index (χ2n) is 4.81. The van der Waals surface area contributed by atoms with Crippen LogP contribution < -0.4 is 4.90 Å². The summed E-state index contributed by atoms with van der Waals surface area (Å²) < 4.78 is 27.0. The maximum absolute atomic E-state index is 12.5. The lowest BCUT2D eigenvalue weighted by Gasteiger charge is -2.33. The molecule has 0 spiro atoms. The fraction of sp³-hybridized carbons (Fsp3) is 0.385. The lowest BCUT2D eigenvalue weighted by Crippen LogP contribution is -2.49. The van der Waals surface area contributed by atoms with Crippen LogP contribution in [0, 0.1) is 6.92 Å². The van der Waals surface area contributed by atoms with E-state index < -0.39 is 10.0 Å². The highest BCUT2D eigenvalue weighted by molar-refractivity contribution is 7.91. The fourth-order valence-corrected chi connectivity index (χ4v) is 5.12. The van der Waals surface area contributed by atoms with E-state index in [0.717, 1.165) is 4.88 Å². The van der Waals surface area contributed by atoms with Crippen LogP contribution in [0.1, 0.15) is 4.88 Å². The summed E-state index contributed by atoms with van der Waals surface area (Å²) in [6, 6.07) is 5.29. The van der Waals surface area contributed by atoms with Gasteiger partial charge in [0.15, 0.2) is 0 Å². The largest absolute Gasteiger partial charge is 0.338 e. The van der Waals surface area contributed by atoms with Crippen molar-refractivity contribution in [2.24, 2.45) is 0 Å². The minimum Gasteiger partial charge on any atom is -0.338 e. The molecule has 3 rings (SSSR count). The van der Waals surface area contributed by atoms with Crippen LogP contribution in [0.5, 0.6) is 0 Å². The van der Waals surface area contributed by atoms with E-state index in [1.165, 1.54) is 15.6 Å². The van der Waals surface area contributed by atoms with Crippen molar-refractivity contribution in [3.8, 4) is 0 Å². The molecular weight excluding hydrogens is 308 g/mol. The van der Waals surface area contributed by atoms with Gasteiger partial charge in [-0.3, -0.25) is 0 Å². The third kappa shape index (κ3) is 2.92. The normalized spacial score (nSPS) is 17.1. The predicted molar refractivity (Wildman–Crippen MR) is 82.1 cm³/mol. The summed E-state index contributed by atoms with van der Waals surface area (Å²) in [6.07, 6.45) is 3.39. The molecule has 1 aliphatic rings. The van der Waals surface area contributed by atoms with Gasteiger partial charge < -0.3 is 4.90 Å². The van der Waals surface area contributed by atoms with Gasteiger partial charge in [0.2, 0.25) is 5.95 Å². The molecule has 0 saturated carbocycles. The molecule has 0 aliphatic carbocycles. The van der Waals surface area contributed by atoms with Crippen molar-refractivity contribution in [2.75, 3.05) is 31.1 Å². The van der Waals surface area contributed by atoms with Gasteiger partial charge in [0.05, 0.1) is 0 Å². The molecule has 0 N–H and O–H groups in total. The van der Waals surface area contributed by atoms with Gasteiger partial charge in [-0.15, -0.1) is 11.3 Å². The van der Waals surface area contributed by atoms with Gasteiger partial charge in [-0.1, -0.05) is 0 Å². The molecule has 1 saturated heterocycles. The standard InChI is InChI=1S/C13H16N4O2S2/c1-11-3-4-12(20-11)21(18,19)17-9-7-16(8-10-17)13-14-5-2-6-15-13/h2-6H,7-10H2,1H3. The molecule has 0 aromatic carbocycles. The summed E-state index contributed by atoms with van der Waals surface area (Å²) in [5.41, 5.74) is 0. The average Bonchev–Trinajstić information content (AvgIpc) is 2.96. The van der Waals surface area contributed by atoms with Crippen LogP contribution in [-0.2, 0) is 10.0 Å². The third-order valence-corrected chi connectivity index (χ3v) is 6.75. The Morgan fingerprint density at radius 2 is 1.76 bits per heavy atom. The summed E-state index contributed by atoms with van der Waals surface area (Å²) >= 11 is 1.32. The van der Waals surface area contributed by atoms with Crippen LogP contribution in [0.4, 0.5) is 5.95 Å². The Balaban J connectivity index is 1.71. The number of hydrogen-bond acceptors (Lipinski definition) is 6. The number of aromatic nitrogens is 2. The number of thiophene rings is 1. The molecule has 2 aromatic rings. The number of sulfonamides is 1. The number of anilines is 1. The van der Waals surface area contributed by atoms with E-state index in [2.05, 4.69) is 9.97 Å². The summed E-state index contributed by atoms with van der Waals surface area (Å²) in [5.74, 6) is 0.654. The predicted octanol–water partition coefficient (Wildman–Crippen LogP) is 1.36. The van der Waals surface area contributed by atoms with E-state index in [9.17, 15) is 8.42 Å². The first-order valence-corrected chi connectivity index (χ1v) is 8.91. The lowest BCUT2D eigenvalue weighted by atomic mass is 10.4. The molecule has 8 heteroatoms. The van der Waals surface area contributed by atoms with Crippen LogP contribution in [0.2, 0.25) is 0 Å². The van der Waals surface area contributed by atoms with E-state index in [4.69, 9.17) is 0 Å². The molecule has 6 nitrogen and oxygen atoms in total. The topological polar surface area (TPSA) is 66.4 Å². The summed E-state index contributed by atoms with van der Waals surface area (Å²) in [5, 5.41) is 0. The smallest absolute Gasteiger partial charge is 0.252 e. The molecule has 0 bridgehead atoms. The van der Waals surface area contributed by atoms with Gasteiger partial charge >= 0.3 is 0 Å². The molecule has 21 heavy (non-hydrogen) atoms. The number of hydrogen-bond donors (Lipinski definition) is 0. The molecule has 0 atom stereocenters. The number of nitrogens with zero attached hydrogens (tertiary/aromatic N) is 4. The average molecular weight is 324 g/mol. The van der Waals surface area contributed by atoms with Gasteiger partial charge in [0, 0.05) is 43.4 Å². The first-order valence-electron chi connectivity index (χ1n) is 6.66. The molecule has 0 radical (unpaired) electrons. The van der Waals surface area contributed by atoms with Gasteiger partial charge in [0.1, 0.15) is 4.21 Å². The van der Waals surface area contributed by atoms with Crippen molar-refractivity contribution in [3.63, 3.8) is 0 Å².